The van der Waals surface area contributed by atoms with Crippen LogP contribution in [0, 0.1) is 0 Å². The lowest BCUT2D eigenvalue weighted by Crippen LogP contribution is -2.38. The molecule has 9 nitrogen and oxygen atoms in total. The first kappa shape index (κ1) is 26.6. The number of rotatable bonds is 8. The largest absolute Gasteiger partial charge is 0.379 e. The number of hydrogen-bond acceptors (Lipinski definition) is 8. The fourth-order valence-corrected chi connectivity index (χ4v) is 5.51. The quantitative estimate of drug-likeness (QED) is 0.435. The molecule has 1 aliphatic carbocycles. The van der Waals surface area contributed by atoms with Gasteiger partial charge in [0.2, 0.25) is 5.95 Å². The van der Waals surface area contributed by atoms with Gasteiger partial charge < -0.3 is 19.7 Å². The summed E-state index contributed by atoms with van der Waals surface area (Å²) in [6.07, 6.45) is 8.51. The fraction of sp³-hybridized carbons (Fsp3) is 0.419. The van der Waals surface area contributed by atoms with Crippen molar-refractivity contribution in [2.45, 2.75) is 19.3 Å². The van der Waals surface area contributed by atoms with Crippen LogP contribution in [0.3, 0.4) is 0 Å². The number of nitrogens with zero attached hydrogens (tertiary/aromatic N) is 5. The molecule has 0 atom stereocenters. The minimum atomic E-state index is -0.0566. The van der Waals surface area contributed by atoms with Crippen molar-refractivity contribution in [2.24, 2.45) is 0 Å². The number of carbonyl (C=O) groups excluding carboxylic acids is 1. The summed E-state index contributed by atoms with van der Waals surface area (Å²) >= 11 is 0. The topological polar surface area (TPSA) is 92.7 Å². The zero-order chi connectivity index (χ0) is 27.1. The van der Waals surface area contributed by atoms with Gasteiger partial charge >= 0.3 is 0 Å². The molecule has 3 aliphatic rings. The lowest BCUT2D eigenvalue weighted by Gasteiger charge is -2.29. The van der Waals surface area contributed by atoms with E-state index in [0.717, 1.165) is 93.3 Å². The number of aromatic nitrogens is 3. The molecule has 4 heterocycles. The summed E-state index contributed by atoms with van der Waals surface area (Å²) in [7, 11) is 0. The van der Waals surface area contributed by atoms with Crippen molar-refractivity contribution in [1.29, 1.82) is 0 Å². The molecule has 2 saturated heterocycles. The molecule has 2 fully saturated rings. The van der Waals surface area contributed by atoms with E-state index in [0.29, 0.717) is 31.3 Å². The summed E-state index contributed by atoms with van der Waals surface area (Å²) in [6.45, 7) is 7.95. The van der Waals surface area contributed by atoms with Crippen molar-refractivity contribution in [3.8, 4) is 11.3 Å². The van der Waals surface area contributed by atoms with E-state index in [-0.39, 0.29) is 5.91 Å². The minimum Gasteiger partial charge on any atom is -0.379 e. The molecule has 1 N–H and O–H groups in total. The molecule has 208 valence electrons. The molecule has 0 unspecified atom stereocenters. The number of fused-ring (bicyclic) bond motifs is 1. The van der Waals surface area contributed by atoms with E-state index in [9.17, 15) is 4.79 Å². The number of amides is 1. The number of carbonyl (C=O) groups is 1. The predicted octanol–water partition coefficient (Wildman–Crippen LogP) is 3.31. The molecule has 9 heteroatoms. The summed E-state index contributed by atoms with van der Waals surface area (Å²) in [5, 5.41) is 3.10. The number of pyridine rings is 1. The van der Waals surface area contributed by atoms with Gasteiger partial charge in [0, 0.05) is 61.8 Å². The lowest BCUT2D eigenvalue weighted by molar-refractivity contribution is 0.0374. The van der Waals surface area contributed by atoms with Crippen molar-refractivity contribution in [2.75, 3.05) is 70.6 Å². The minimum absolute atomic E-state index is 0.0566. The zero-order valence-electron chi connectivity index (χ0n) is 22.8. The second kappa shape index (κ2) is 12.7. The maximum Gasteiger partial charge on any atom is 0.251 e. The van der Waals surface area contributed by atoms with Crippen molar-refractivity contribution < 1.29 is 14.3 Å². The van der Waals surface area contributed by atoms with E-state index in [1.807, 2.05) is 36.5 Å². The van der Waals surface area contributed by atoms with Crippen LogP contribution in [0.1, 0.15) is 40.0 Å². The third kappa shape index (κ3) is 6.22. The number of morpholine rings is 2. The van der Waals surface area contributed by atoms with Gasteiger partial charge in [0.25, 0.3) is 5.91 Å². The number of allylic oxidation sites excluding steroid dienone is 1. The van der Waals surface area contributed by atoms with Crippen LogP contribution in [-0.4, -0.2) is 91.5 Å². The Labute approximate surface area is 235 Å². The second-order valence-corrected chi connectivity index (χ2v) is 10.4. The third-order valence-electron chi connectivity index (χ3n) is 7.75. The van der Waals surface area contributed by atoms with Gasteiger partial charge in [0.05, 0.1) is 37.8 Å². The Hall–Kier alpha value is -3.66. The molecular weight excluding hydrogens is 504 g/mol. The van der Waals surface area contributed by atoms with Crippen LogP contribution in [0.4, 0.5) is 5.95 Å². The van der Waals surface area contributed by atoms with E-state index in [1.54, 1.807) is 6.20 Å². The summed E-state index contributed by atoms with van der Waals surface area (Å²) in [4.78, 5) is 32.0. The highest BCUT2D eigenvalue weighted by Crippen LogP contribution is 2.35. The van der Waals surface area contributed by atoms with E-state index in [4.69, 9.17) is 19.4 Å². The number of nitrogens with one attached hydrogen (secondary N) is 1. The Morgan fingerprint density at radius 1 is 0.925 bits per heavy atom. The van der Waals surface area contributed by atoms with Gasteiger partial charge in [-0.15, -0.1) is 0 Å². The monoisotopic (exact) mass is 540 g/mol. The average molecular weight is 541 g/mol. The van der Waals surface area contributed by atoms with Crippen molar-refractivity contribution >= 4 is 23.5 Å². The molecule has 2 aliphatic heterocycles. The molecular formula is C31H36N6O3. The van der Waals surface area contributed by atoms with Crippen LogP contribution < -0.4 is 10.2 Å². The molecule has 0 saturated carbocycles. The fourth-order valence-electron chi connectivity index (χ4n) is 5.51. The van der Waals surface area contributed by atoms with Gasteiger partial charge in [-0.25, -0.2) is 9.97 Å². The molecule has 1 aromatic carbocycles. The standard InChI is InChI=1S/C31H36N6O3/c38-30(33-10-3-11-36-12-16-39-17-13-36)25-5-1-4-24(20-25)29-27-8-7-23(26-6-2-9-32-22-26)21-28(27)34-31(35-29)37-14-18-40-19-15-37/h1-2,4-6,9,20-22H,3,7-8,10-19H2,(H,33,38). The third-order valence-corrected chi connectivity index (χ3v) is 7.75. The van der Waals surface area contributed by atoms with Gasteiger partial charge in [-0.2, -0.15) is 0 Å². The highest BCUT2D eigenvalue weighted by atomic mass is 16.5. The van der Waals surface area contributed by atoms with Crippen molar-refractivity contribution in [1.82, 2.24) is 25.2 Å². The molecule has 0 radical (unpaired) electrons. The molecule has 0 bridgehead atoms. The van der Waals surface area contributed by atoms with E-state index in [1.165, 1.54) is 5.57 Å². The predicted molar refractivity (Wildman–Crippen MR) is 155 cm³/mol. The van der Waals surface area contributed by atoms with E-state index >= 15 is 0 Å². The van der Waals surface area contributed by atoms with E-state index < -0.39 is 0 Å². The normalized spacial score (nSPS) is 17.7. The summed E-state index contributed by atoms with van der Waals surface area (Å²) in [6, 6.07) is 11.9. The summed E-state index contributed by atoms with van der Waals surface area (Å²) < 4.78 is 11.0. The van der Waals surface area contributed by atoms with Gasteiger partial charge in [0.15, 0.2) is 0 Å². The van der Waals surface area contributed by atoms with Gasteiger partial charge in [-0.3, -0.25) is 14.7 Å². The Morgan fingerprint density at radius 3 is 2.52 bits per heavy atom. The lowest BCUT2D eigenvalue weighted by atomic mass is 9.89. The Kier molecular flexibility index (Phi) is 8.42. The molecule has 3 aromatic rings. The average Bonchev–Trinajstić information content (AvgIpc) is 3.03. The van der Waals surface area contributed by atoms with Crippen LogP contribution in [0.15, 0.2) is 48.8 Å². The first-order valence-electron chi connectivity index (χ1n) is 14.3. The number of ether oxygens (including phenoxy) is 2. The van der Waals surface area contributed by atoms with Crippen LogP contribution in [0.5, 0.6) is 0 Å². The van der Waals surface area contributed by atoms with Crippen LogP contribution >= 0.6 is 0 Å². The Morgan fingerprint density at radius 2 is 1.73 bits per heavy atom. The van der Waals surface area contributed by atoms with Crippen LogP contribution in [-0.2, 0) is 15.9 Å². The number of benzene rings is 1. The number of anilines is 1. The van der Waals surface area contributed by atoms with Gasteiger partial charge in [-0.05, 0) is 61.2 Å². The highest BCUT2D eigenvalue weighted by molar-refractivity contribution is 5.95. The molecule has 6 rings (SSSR count). The molecule has 2 aromatic heterocycles. The van der Waals surface area contributed by atoms with E-state index in [2.05, 4.69) is 32.2 Å². The summed E-state index contributed by atoms with van der Waals surface area (Å²) in [5.41, 5.74) is 6.88. The Balaban J connectivity index is 1.25. The SMILES string of the molecule is O=C(NCCCN1CCOCC1)c1cccc(-c2nc(N3CCOCC3)nc3c2CCC(c2cccnc2)=C3)c1. The molecule has 0 spiro atoms. The van der Waals surface area contributed by atoms with Crippen LogP contribution in [0.25, 0.3) is 22.9 Å². The van der Waals surface area contributed by atoms with Crippen molar-refractivity contribution in [3.63, 3.8) is 0 Å². The van der Waals surface area contributed by atoms with Crippen LogP contribution in [0.2, 0.25) is 0 Å². The molecule has 40 heavy (non-hydrogen) atoms. The smallest absolute Gasteiger partial charge is 0.251 e. The maximum absolute atomic E-state index is 13.1. The van der Waals surface area contributed by atoms with Crippen molar-refractivity contribution in [3.05, 3.63) is 71.2 Å². The second-order valence-electron chi connectivity index (χ2n) is 10.4. The summed E-state index contributed by atoms with van der Waals surface area (Å²) in [5.74, 6) is 0.651. The Bertz CT molecular complexity index is 1350. The number of hydrogen-bond donors (Lipinski definition) is 1. The first-order chi connectivity index (χ1) is 19.7. The first-order valence-corrected chi connectivity index (χ1v) is 14.3. The highest BCUT2D eigenvalue weighted by Gasteiger charge is 2.23. The molecule has 1 amide bonds. The van der Waals surface area contributed by atoms with Gasteiger partial charge in [0.1, 0.15) is 0 Å². The van der Waals surface area contributed by atoms with Gasteiger partial charge in [-0.1, -0.05) is 18.2 Å². The zero-order valence-corrected chi connectivity index (χ0v) is 22.8. The maximum atomic E-state index is 13.1.